The summed E-state index contributed by atoms with van der Waals surface area (Å²) in [6.07, 6.45) is 5.32. The zero-order chi connectivity index (χ0) is 17.0. The maximum Gasteiger partial charge on any atom is 0.254 e. The number of aromatic nitrogens is 2. The van der Waals surface area contributed by atoms with Gasteiger partial charge in [-0.3, -0.25) is 4.79 Å². The first-order valence-corrected chi connectivity index (χ1v) is 8.37. The quantitative estimate of drug-likeness (QED) is 0.782. The standard InChI is InChI=1S/C20H16FN3O/c21-17-8-4-2-6-15(17)19(25)23-13-9-20(10-13)16-7-3-1-5-14(16)18-11-22-12-24(18)20/h1-8,11-13H,9-10H2,(H,23,25). The second-order valence-electron chi connectivity index (χ2n) is 6.78. The van der Waals surface area contributed by atoms with Gasteiger partial charge in [-0.25, -0.2) is 9.37 Å². The van der Waals surface area contributed by atoms with E-state index >= 15 is 0 Å². The lowest BCUT2D eigenvalue weighted by Crippen LogP contribution is -2.55. The smallest absolute Gasteiger partial charge is 0.254 e. The van der Waals surface area contributed by atoms with Crippen LogP contribution >= 0.6 is 0 Å². The first-order chi connectivity index (χ1) is 12.2. The molecule has 5 rings (SSSR count). The Kier molecular flexibility index (Phi) is 2.89. The number of benzene rings is 2. The molecule has 1 saturated carbocycles. The molecule has 0 atom stereocenters. The van der Waals surface area contributed by atoms with E-state index in [-0.39, 0.29) is 23.1 Å². The summed E-state index contributed by atoms with van der Waals surface area (Å²) in [5.74, 6) is -0.841. The molecule has 0 saturated heterocycles. The van der Waals surface area contributed by atoms with E-state index in [9.17, 15) is 9.18 Å². The molecule has 2 heterocycles. The number of carbonyl (C=O) groups is 1. The molecular formula is C20H16FN3O. The molecule has 124 valence electrons. The lowest BCUT2D eigenvalue weighted by Gasteiger charge is -2.47. The highest BCUT2D eigenvalue weighted by Crippen LogP contribution is 2.54. The summed E-state index contributed by atoms with van der Waals surface area (Å²) in [4.78, 5) is 16.6. The Hall–Kier alpha value is -2.95. The third-order valence-corrected chi connectivity index (χ3v) is 5.43. The van der Waals surface area contributed by atoms with Crippen molar-refractivity contribution in [2.24, 2.45) is 0 Å². The average molecular weight is 333 g/mol. The van der Waals surface area contributed by atoms with Gasteiger partial charge in [-0.05, 0) is 30.5 Å². The SMILES string of the molecule is O=C(NC1CC2(C1)c1ccccc1-c1cncn12)c1ccccc1F. The Morgan fingerprint density at radius 2 is 1.92 bits per heavy atom. The van der Waals surface area contributed by atoms with Crippen LogP contribution in [0.2, 0.25) is 0 Å². The Labute approximate surface area is 144 Å². The number of fused-ring (bicyclic) bond motifs is 5. The molecule has 3 aromatic rings. The van der Waals surface area contributed by atoms with Gasteiger partial charge in [-0.2, -0.15) is 0 Å². The normalized spacial score (nSPS) is 23.0. The van der Waals surface area contributed by atoms with Crippen LogP contribution in [0.5, 0.6) is 0 Å². The minimum atomic E-state index is -0.489. The number of carbonyl (C=O) groups excluding carboxylic acids is 1. The van der Waals surface area contributed by atoms with Crippen LogP contribution in [0.3, 0.4) is 0 Å². The minimum Gasteiger partial charge on any atom is -0.349 e. The predicted molar refractivity (Wildman–Crippen MR) is 91.6 cm³/mol. The molecule has 0 bridgehead atoms. The summed E-state index contributed by atoms with van der Waals surface area (Å²) < 4.78 is 16.0. The van der Waals surface area contributed by atoms with Crippen molar-refractivity contribution in [3.63, 3.8) is 0 Å². The molecule has 1 fully saturated rings. The van der Waals surface area contributed by atoms with E-state index in [4.69, 9.17) is 0 Å². The molecule has 4 nitrogen and oxygen atoms in total. The van der Waals surface area contributed by atoms with Gasteiger partial charge in [0.05, 0.1) is 29.3 Å². The summed E-state index contributed by atoms with van der Waals surface area (Å²) in [5.41, 5.74) is 3.56. The van der Waals surface area contributed by atoms with Crippen LogP contribution in [0.1, 0.15) is 28.8 Å². The van der Waals surface area contributed by atoms with E-state index in [0.717, 1.165) is 18.5 Å². The van der Waals surface area contributed by atoms with Crippen molar-refractivity contribution in [2.45, 2.75) is 24.4 Å². The summed E-state index contributed by atoms with van der Waals surface area (Å²) in [6, 6.07) is 14.4. The number of halogens is 1. The third-order valence-electron chi connectivity index (χ3n) is 5.43. The zero-order valence-corrected chi connectivity index (χ0v) is 13.4. The van der Waals surface area contributed by atoms with Crippen molar-refractivity contribution >= 4 is 5.91 Å². The van der Waals surface area contributed by atoms with Crippen LogP contribution in [0.15, 0.2) is 61.1 Å². The van der Waals surface area contributed by atoms with Gasteiger partial charge in [-0.15, -0.1) is 0 Å². The fraction of sp³-hybridized carbons (Fsp3) is 0.200. The Balaban J connectivity index is 1.40. The van der Waals surface area contributed by atoms with Gasteiger partial charge in [0.2, 0.25) is 0 Å². The Bertz CT molecular complexity index is 988. The first-order valence-electron chi connectivity index (χ1n) is 8.37. The molecule has 1 aliphatic heterocycles. The van der Waals surface area contributed by atoms with Gasteiger partial charge in [0.1, 0.15) is 5.82 Å². The summed E-state index contributed by atoms with van der Waals surface area (Å²) in [5, 5.41) is 2.97. The zero-order valence-electron chi connectivity index (χ0n) is 13.4. The van der Waals surface area contributed by atoms with E-state index in [1.807, 2.05) is 24.7 Å². The summed E-state index contributed by atoms with van der Waals surface area (Å²) in [6.45, 7) is 0. The summed E-state index contributed by atoms with van der Waals surface area (Å²) in [7, 11) is 0. The molecule has 0 radical (unpaired) electrons. The largest absolute Gasteiger partial charge is 0.349 e. The Morgan fingerprint density at radius 1 is 1.16 bits per heavy atom. The van der Waals surface area contributed by atoms with Crippen molar-refractivity contribution in [3.05, 3.63) is 78.0 Å². The van der Waals surface area contributed by atoms with Crippen LogP contribution in [0, 0.1) is 5.82 Å². The fourth-order valence-electron chi connectivity index (χ4n) is 4.26. The highest BCUT2D eigenvalue weighted by atomic mass is 19.1. The van der Waals surface area contributed by atoms with Crippen molar-refractivity contribution in [1.82, 2.24) is 14.9 Å². The molecular weight excluding hydrogens is 317 g/mol. The van der Waals surface area contributed by atoms with Gasteiger partial charge >= 0.3 is 0 Å². The van der Waals surface area contributed by atoms with Crippen LogP contribution in [0.25, 0.3) is 11.3 Å². The van der Waals surface area contributed by atoms with Crippen molar-refractivity contribution in [3.8, 4) is 11.3 Å². The van der Waals surface area contributed by atoms with Crippen molar-refractivity contribution in [2.75, 3.05) is 0 Å². The second-order valence-corrected chi connectivity index (χ2v) is 6.78. The molecule has 1 amide bonds. The number of amides is 1. The van der Waals surface area contributed by atoms with Crippen LogP contribution < -0.4 is 5.32 Å². The monoisotopic (exact) mass is 333 g/mol. The number of hydrogen-bond donors (Lipinski definition) is 1. The Morgan fingerprint density at radius 3 is 2.76 bits per heavy atom. The van der Waals surface area contributed by atoms with Gasteiger partial charge in [0, 0.05) is 11.6 Å². The average Bonchev–Trinajstić information content (AvgIpc) is 3.16. The second kappa shape index (κ2) is 5.02. The van der Waals surface area contributed by atoms with Crippen LogP contribution in [-0.2, 0) is 5.54 Å². The number of nitrogens with one attached hydrogen (secondary N) is 1. The molecule has 2 aromatic carbocycles. The number of rotatable bonds is 2. The van der Waals surface area contributed by atoms with Gasteiger partial charge in [-0.1, -0.05) is 36.4 Å². The van der Waals surface area contributed by atoms with Gasteiger partial charge < -0.3 is 9.88 Å². The van der Waals surface area contributed by atoms with Crippen molar-refractivity contribution < 1.29 is 9.18 Å². The lowest BCUT2D eigenvalue weighted by molar-refractivity contribution is 0.0832. The van der Waals surface area contributed by atoms with E-state index in [1.54, 1.807) is 12.1 Å². The molecule has 1 aromatic heterocycles. The molecule has 25 heavy (non-hydrogen) atoms. The highest BCUT2D eigenvalue weighted by Gasteiger charge is 2.52. The van der Waals surface area contributed by atoms with E-state index in [1.165, 1.54) is 23.3 Å². The van der Waals surface area contributed by atoms with Gasteiger partial charge in [0.25, 0.3) is 5.91 Å². The minimum absolute atomic E-state index is 0.0218. The highest BCUT2D eigenvalue weighted by molar-refractivity contribution is 5.94. The topological polar surface area (TPSA) is 46.9 Å². The van der Waals surface area contributed by atoms with Crippen LogP contribution in [-0.4, -0.2) is 21.5 Å². The third kappa shape index (κ3) is 1.92. The molecule has 0 unspecified atom stereocenters. The number of hydrogen-bond acceptors (Lipinski definition) is 2. The molecule has 1 aliphatic carbocycles. The predicted octanol–water partition coefficient (Wildman–Crippen LogP) is 3.34. The molecule has 5 heteroatoms. The fourth-order valence-corrected chi connectivity index (χ4v) is 4.26. The van der Waals surface area contributed by atoms with Gasteiger partial charge in [0.15, 0.2) is 0 Å². The molecule has 1 spiro atoms. The molecule has 2 aliphatic rings. The van der Waals surface area contributed by atoms with Crippen LogP contribution in [0.4, 0.5) is 4.39 Å². The maximum atomic E-state index is 13.8. The molecule has 1 N–H and O–H groups in total. The lowest BCUT2D eigenvalue weighted by atomic mass is 9.68. The van der Waals surface area contributed by atoms with E-state index < -0.39 is 5.82 Å². The first kappa shape index (κ1) is 14.4. The maximum absolute atomic E-state index is 13.8. The number of nitrogens with zero attached hydrogens (tertiary/aromatic N) is 2. The van der Waals surface area contributed by atoms with E-state index in [0.29, 0.717) is 0 Å². The number of imidazole rings is 1. The van der Waals surface area contributed by atoms with E-state index in [2.05, 4.69) is 27.0 Å². The van der Waals surface area contributed by atoms with Crippen molar-refractivity contribution in [1.29, 1.82) is 0 Å². The summed E-state index contributed by atoms with van der Waals surface area (Å²) >= 11 is 0.